The van der Waals surface area contributed by atoms with Crippen molar-refractivity contribution in [3.05, 3.63) is 70.1 Å². The van der Waals surface area contributed by atoms with Gasteiger partial charge < -0.3 is 4.74 Å². The molecule has 0 aromatic heterocycles. The molecule has 29 heavy (non-hydrogen) atoms. The Morgan fingerprint density at radius 2 is 1.72 bits per heavy atom. The predicted molar refractivity (Wildman–Crippen MR) is 116 cm³/mol. The molecule has 4 rings (SSSR count). The van der Waals surface area contributed by atoms with Gasteiger partial charge >= 0.3 is 0 Å². The second kappa shape index (κ2) is 8.69. The van der Waals surface area contributed by atoms with Gasteiger partial charge in [0.15, 0.2) is 0 Å². The van der Waals surface area contributed by atoms with Crippen LogP contribution in [0.4, 0.5) is 0 Å². The van der Waals surface area contributed by atoms with E-state index in [-0.39, 0.29) is 0 Å². The molecular weight excluding hydrogens is 384 g/mol. The summed E-state index contributed by atoms with van der Waals surface area (Å²) in [5.74, 6) is 0.851. The monoisotopic (exact) mass is 412 g/mol. The average Bonchev–Trinajstić information content (AvgIpc) is 3.00. The summed E-state index contributed by atoms with van der Waals surface area (Å²) in [5, 5.41) is 0. The lowest BCUT2D eigenvalue weighted by atomic mass is 9.98. The molecule has 0 N–H and O–H groups in total. The van der Waals surface area contributed by atoms with Gasteiger partial charge in [0.1, 0.15) is 5.75 Å². The number of allylic oxidation sites excluding steroid dienone is 1. The second-order valence-corrected chi connectivity index (χ2v) is 9.68. The molecule has 0 radical (unpaired) electrons. The lowest BCUT2D eigenvalue weighted by Crippen LogP contribution is -2.36. The molecule has 0 atom stereocenters. The lowest BCUT2D eigenvalue weighted by Gasteiger charge is -2.25. The van der Waals surface area contributed by atoms with Gasteiger partial charge in [-0.05, 0) is 60.7 Å². The van der Waals surface area contributed by atoms with Crippen LogP contribution in [-0.2, 0) is 23.0 Å². The van der Waals surface area contributed by atoms with E-state index in [0.29, 0.717) is 24.4 Å². The third-order valence-corrected chi connectivity index (χ3v) is 7.83. The minimum atomic E-state index is -3.41. The Bertz CT molecular complexity index is 983. The summed E-state index contributed by atoms with van der Waals surface area (Å²) in [5.41, 5.74) is 3.48. The number of hydrogen-bond donors (Lipinski definition) is 0. The highest BCUT2D eigenvalue weighted by molar-refractivity contribution is 7.93. The average molecular weight is 413 g/mol. The summed E-state index contributed by atoms with van der Waals surface area (Å²) in [6.07, 6.45) is 4.09. The molecule has 2 aromatic rings. The SMILES string of the molecule is COc1ccc(CN2CCCN(S(=O)(=O)C3=Cc4ccccc4CC3)CC2)cc1. The van der Waals surface area contributed by atoms with Crippen LogP contribution in [0, 0.1) is 0 Å². The van der Waals surface area contributed by atoms with Gasteiger partial charge in [-0.15, -0.1) is 0 Å². The number of ether oxygens (including phenoxy) is 1. The van der Waals surface area contributed by atoms with E-state index in [2.05, 4.69) is 23.1 Å². The molecule has 154 valence electrons. The second-order valence-electron chi connectivity index (χ2n) is 7.69. The van der Waals surface area contributed by atoms with E-state index in [1.54, 1.807) is 11.4 Å². The summed E-state index contributed by atoms with van der Waals surface area (Å²) >= 11 is 0. The first-order valence-electron chi connectivity index (χ1n) is 10.2. The fourth-order valence-corrected chi connectivity index (χ4v) is 5.77. The Hall–Kier alpha value is -2.15. The van der Waals surface area contributed by atoms with Gasteiger partial charge in [-0.25, -0.2) is 8.42 Å². The van der Waals surface area contributed by atoms with Crippen LogP contribution < -0.4 is 4.74 Å². The first-order chi connectivity index (χ1) is 14.1. The van der Waals surface area contributed by atoms with Crippen molar-refractivity contribution in [2.75, 3.05) is 33.3 Å². The maximum Gasteiger partial charge on any atom is 0.239 e. The number of sulfonamides is 1. The molecule has 6 heteroatoms. The summed E-state index contributed by atoms with van der Waals surface area (Å²) in [6.45, 7) is 3.60. The number of nitrogens with zero attached hydrogens (tertiary/aromatic N) is 2. The fraction of sp³-hybridized carbons (Fsp3) is 0.391. The molecule has 1 fully saturated rings. The van der Waals surface area contributed by atoms with Crippen LogP contribution >= 0.6 is 0 Å². The first kappa shape index (κ1) is 20.1. The van der Waals surface area contributed by atoms with Crippen LogP contribution in [0.1, 0.15) is 29.5 Å². The highest BCUT2D eigenvalue weighted by Crippen LogP contribution is 2.29. The highest BCUT2D eigenvalue weighted by Gasteiger charge is 2.30. The molecule has 1 heterocycles. The van der Waals surface area contributed by atoms with E-state index in [1.165, 1.54) is 11.1 Å². The maximum absolute atomic E-state index is 13.3. The molecule has 0 saturated carbocycles. The van der Waals surface area contributed by atoms with Crippen LogP contribution in [-0.4, -0.2) is 50.9 Å². The predicted octanol–water partition coefficient (Wildman–Crippen LogP) is 3.52. The third kappa shape index (κ3) is 4.55. The molecule has 0 bridgehead atoms. The van der Waals surface area contributed by atoms with Crippen molar-refractivity contribution in [1.82, 2.24) is 9.21 Å². The van der Waals surface area contributed by atoms with Gasteiger partial charge in [0, 0.05) is 26.2 Å². The minimum Gasteiger partial charge on any atom is -0.497 e. The Balaban J connectivity index is 1.43. The summed E-state index contributed by atoms with van der Waals surface area (Å²) in [4.78, 5) is 2.89. The van der Waals surface area contributed by atoms with Crippen LogP contribution in [0.15, 0.2) is 53.4 Å². The van der Waals surface area contributed by atoms with Gasteiger partial charge in [-0.2, -0.15) is 4.31 Å². The standard InChI is InChI=1S/C23H28N2O3S/c1-28-22-10-7-19(8-11-22)18-24-13-4-14-25(16-15-24)29(26,27)23-12-9-20-5-2-3-6-21(20)17-23/h2-3,5-8,10-11,17H,4,9,12-16,18H2,1H3. The molecule has 1 aliphatic heterocycles. The Kier molecular flexibility index (Phi) is 6.04. The number of fused-ring (bicyclic) bond motifs is 1. The quantitative estimate of drug-likeness (QED) is 0.754. The van der Waals surface area contributed by atoms with Gasteiger partial charge in [0.2, 0.25) is 10.0 Å². The van der Waals surface area contributed by atoms with Gasteiger partial charge in [-0.1, -0.05) is 36.4 Å². The number of benzene rings is 2. The molecule has 0 amide bonds. The Morgan fingerprint density at radius 1 is 0.931 bits per heavy atom. The molecular formula is C23H28N2O3S. The number of aryl methyl sites for hydroxylation is 1. The van der Waals surface area contributed by atoms with Crippen LogP contribution in [0.5, 0.6) is 5.75 Å². The number of rotatable bonds is 5. The van der Waals surface area contributed by atoms with Gasteiger partial charge in [0.25, 0.3) is 0 Å². The zero-order valence-corrected chi connectivity index (χ0v) is 17.7. The lowest BCUT2D eigenvalue weighted by molar-refractivity contribution is 0.278. The normalized spacial score (nSPS) is 18.6. The van der Waals surface area contributed by atoms with Crippen molar-refractivity contribution in [2.24, 2.45) is 0 Å². The molecule has 2 aliphatic rings. The summed E-state index contributed by atoms with van der Waals surface area (Å²) in [6, 6.07) is 16.1. The van der Waals surface area contributed by atoms with E-state index >= 15 is 0 Å². The van der Waals surface area contributed by atoms with Crippen LogP contribution in [0.25, 0.3) is 6.08 Å². The molecule has 1 saturated heterocycles. The first-order valence-corrected chi connectivity index (χ1v) is 11.6. The third-order valence-electron chi connectivity index (χ3n) is 5.80. The Morgan fingerprint density at radius 3 is 2.52 bits per heavy atom. The van der Waals surface area contributed by atoms with Gasteiger partial charge in [-0.3, -0.25) is 4.90 Å². The summed E-state index contributed by atoms with van der Waals surface area (Å²) < 4.78 is 33.4. The van der Waals surface area contributed by atoms with E-state index in [1.807, 2.05) is 36.4 Å². The number of methoxy groups -OCH3 is 1. The van der Waals surface area contributed by atoms with Crippen LogP contribution in [0.2, 0.25) is 0 Å². The van der Waals surface area contributed by atoms with Crippen molar-refractivity contribution in [2.45, 2.75) is 25.8 Å². The number of hydrogen-bond acceptors (Lipinski definition) is 4. The summed E-state index contributed by atoms with van der Waals surface area (Å²) in [7, 11) is -1.74. The zero-order chi connectivity index (χ0) is 20.3. The maximum atomic E-state index is 13.3. The topological polar surface area (TPSA) is 49.9 Å². The van der Waals surface area contributed by atoms with Gasteiger partial charge in [0.05, 0.1) is 12.0 Å². The zero-order valence-electron chi connectivity index (χ0n) is 16.9. The van der Waals surface area contributed by atoms with E-state index in [9.17, 15) is 8.42 Å². The van der Waals surface area contributed by atoms with E-state index in [0.717, 1.165) is 43.8 Å². The van der Waals surface area contributed by atoms with Crippen LogP contribution in [0.3, 0.4) is 0 Å². The molecule has 0 unspecified atom stereocenters. The van der Waals surface area contributed by atoms with E-state index in [4.69, 9.17) is 4.74 Å². The highest BCUT2D eigenvalue weighted by atomic mass is 32.2. The van der Waals surface area contributed by atoms with Crippen molar-refractivity contribution >= 4 is 16.1 Å². The van der Waals surface area contributed by atoms with Crippen molar-refractivity contribution < 1.29 is 13.2 Å². The largest absolute Gasteiger partial charge is 0.497 e. The fourth-order valence-electron chi connectivity index (χ4n) is 4.11. The molecule has 5 nitrogen and oxygen atoms in total. The Labute approximate surface area is 173 Å². The minimum absolute atomic E-state index is 0.539. The molecule has 1 aliphatic carbocycles. The van der Waals surface area contributed by atoms with Crippen molar-refractivity contribution in [3.8, 4) is 5.75 Å². The molecule has 2 aromatic carbocycles. The van der Waals surface area contributed by atoms with Crippen molar-refractivity contribution in [1.29, 1.82) is 0 Å². The van der Waals surface area contributed by atoms with Crippen molar-refractivity contribution in [3.63, 3.8) is 0 Å². The smallest absolute Gasteiger partial charge is 0.239 e. The molecule has 0 spiro atoms. The van der Waals surface area contributed by atoms with E-state index < -0.39 is 10.0 Å².